The number of rotatable bonds is 8. The van der Waals surface area contributed by atoms with Crippen LogP contribution in [0.25, 0.3) is 11.4 Å². The Balaban J connectivity index is 1.79. The van der Waals surface area contributed by atoms with E-state index in [2.05, 4.69) is 10.1 Å². The van der Waals surface area contributed by atoms with E-state index >= 15 is 0 Å². The number of nitrogens with zero attached hydrogens (tertiary/aromatic N) is 2. The fourth-order valence-corrected chi connectivity index (χ4v) is 3.83. The molecule has 0 spiro atoms. The van der Waals surface area contributed by atoms with Crippen LogP contribution in [-0.4, -0.2) is 28.0 Å². The number of hydrogen-bond donors (Lipinski definition) is 1. The minimum Gasteiger partial charge on any atom is -0.493 e. The Bertz CT molecular complexity index is 816. The lowest BCUT2D eigenvalue weighted by atomic mass is 9.90. The summed E-state index contributed by atoms with van der Waals surface area (Å²) >= 11 is 0. The third kappa shape index (κ3) is 5.53. The van der Waals surface area contributed by atoms with Gasteiger partial charge < -0.3 is 14.4 Å². The smallest absolute Gasteiger partial charge is 0.419 e. The Morgan fingerprint density at radius 2 is 1.97 bits per heavy atom. The average Bonchev–Trinajstić information content (AvgIpc) is 3.22. The quantitative estimate of drug-likeness (QED) is 0.562. The molecule has 5 nitrogen and oxygen atoms in total. The van der Waals surface area contributed by atoms with Crippen LogP contribution in [0.5, 0.6) is 5.75 Å². The zero-order valence-corrected chi connectivity index (χ0v) is 17.4. The van der Waals surface area contributed by atoms with Crippen LogP contribution in [0.3, 0.4) is 0 Å². The van der Waals surface area contributed by atoms with Crippen LogP contribution in [0.15, 0.2) is 22.7 Å². The number of halogens is 3. The van der Waals surface area contributed by atoms with Crippen molar-refractivity contribution in [2.24, 2.45) is 5.92 Å². The SMILES string of the molecule is CCC[C@H](O)[C@H](C)c1nc(-c2ccc(OCC3CCCCC3)c(C(F)(F)F)c2)no1. The Labute approximate surface area is 174 Å². The molecule has 1 aliphatic rings. The normalized spacial score (nSPS) is 17.7. The first-order valence-corrected chi connectivity index (χ1v) is 10.7. The number of aliphatic hydroxyl groups excluding tert-OH is 1. The van der Waals surface area contributed by atoms with E-state index in [0.717, 1.165) is 38.2 Å². The molecule has 0 aliphatic heterocycles. The Morgan fingerprint density at radius 1 is 1.23 bits per heavy atom. The van der Waals surface area contributed by atoms with Gasteiger partial charge in [-0.15, -0.1) is 0 Å². The van der Waals surface area contributed by atoms with E-state index < -0.39 is 23.8 Å². The van der Waals surface area contributed by atoms with Crippen molar-refractivity contribution in [1.82, 2.24) is 10.1 Å². The zero-order chi connectivity index (χ0) is 21.7. The molecular weight excluding hydrogens is 397 g/mol. The van der Waals surface area contributed by atoms with Crippen molar-refractivity contribution in [2.45, 2.75) is 77.0 Å². The summed E-state index contributed by atoms with van der Waals surface area (Å²) in [4.78, 5) is 4.21. The summed E-state index contributed by atoms with van der Waals surface area (Å²) in [6.45, 7) is 3.99. The van der Waals surface area contributed by atoms with E-state index in [4.69, 9.17) is 9.26 Å². The number of ether oxygens (including phenoxy) is 1. The molecule has 8 heteroatoms. The maximum atomic E-state index is 13.7. The minimum atomic E-state index is -4.56. The minimum absolute atomic E-state index is 0.0601. The summed E-state index contributed by atoms with van der Waals surface area (Å²) in [5.74, 6) is -0.00371. The number of hydrogen-bond acceptors (Lipinski definition) is 5. The second kappa shape index (κ2) is 9.81. The molecule has 0 amide bonds. The number of benzene rings is 1. The highest BCUT2D eigenvalue weighted by Crippen LogP contribution is 2.39. The largest absolute Gasteiger partial charge is 0.493 e. The van der Waals surface area contributed by atoms with Gasteiger partial charge in [0.15, 0.2) is 0 Å². The molecule has 30 heavy (non-hydrogen) atoms. The van der Waals surface area contributed by atoms with Gasteiger partial charge >= 0.3 is 6.18 Å². The second-order valence-corrected chi connectivity index (χ2v) is 8.12. The van der Waals surface area contributed by atoms with Gasteiger partial charge in [0, 0.05) is 5.56 Å². The van der Waals surface area contributed by atoms with Gasteiger partial charge in [-0.3, -0.25) is 0 Å². The van der Waals surface area contributed by atoms with Crippen LogP contribution in [0.1, 0.15) is 76.2 Å². The molecule has 2 aromatic rings. The predicted octanol–water partition coefficient (Wildman–Crippen LogP) is 5.98. The fraction of sp³-hybridized carbons (Fsp3) is 0.636. The molecule has 1 heterocycles. The highest BCUT2D eigenvalue weighted by molar-refractivity contribution is 5.59. The molecule has 1 N–H and O–H groups in total. The summed E-state index contributed by atoms with van der Waals surface area (Å²) < 4.78 is 51.7. The van der Waals surface area contributed by atoms with Gasteiger partial charge in [0.05, 0.1) is 24.2 Å². The lowest BCUT2D eigenvalue weighted by Gasteiger charge is -2.23. The van der Waals surface area contributed by atoms with Crippen LogP contribution in [-0.2, 0) is 6.18 Å². The fourth-order valence-electron chi connectivity index (χ4n) is 3.83. The van der Waals surface area contributed by atoms with Crippen molar-refractivity contribution in [2.75, 3.05) is 6.61 Å². The van der Waals surface area contributed by atoms with Gasteiger partial charge in [-0.05, 0) is 43.4 Å². The third-order valence-electron chi connectivity index (χ3n) is 5.74. The zero-order valence-electron chi connectivity index (χ0n) is 17.4. The number of alkyl halides is 3. The number of aromatic nitrogens is 2. The molecule has 0 unspecified atom stereocenters. The standard InChI is InChI=1S/C22H29F3N2O3/c1-3-7-18(28)14(2)21-26-20(27-30-21)16-10-11-19(17(12-16)22(23,24)25)29-13-15-8-5-4-6-9-15/h10-12,14-15,18,28H,3-9,13H2,1-2H3/t14-,18-/m0/s1. The summed E-state index contributed by atoms with van der Waals surface area (Å²) in [5.41, 5.74) is -0.652. The average molecular weight is 426 g/mol. The molecule has 1 aliphatic carbocycles. The van der Waals surface area contributed by atoms with E-state index in [1.54, 1.807) is 6.92 Å². The van der Waals surface area contributed by atoms with Crippen molar-refractivity contribution in [3.05, 3.63) is 29.7 Å². The molecule has 0 bridgehead atoms. The van der Waals surface area contributed by atoms with Crippen LogP contribution < -0.4 is 4.74 Å². The molecule has 2 atom stereocenters. The monoisotopic (exact) mass is 426 g/mol. The molecule has 0 saturated heterocycles. The molecule has 166 valence electrons. The van der Waals surface area contributed by atoms with Gasteiger partial charge in [-0.1, -0.05) is 44.7 Å². The molecular formula is C22H29F3N2O3. The first kappa shape index (κ1) is 22.6. The summed E-state index contributed by atoms with van der Waals surface area (Å²) in [5, 5.41) is 13.9. The van der Waals surface area contributed by atoms with Crippen LogP contribution in [0, 0.1) is 5.92 Å². The Morgan fingerprint density at radius 3 is 2.63 bits per heavy atom. The van der Waals surface area contributed by atoms with Gasteiger partial charge in [0.1, 0.15) is 5.75 Å². The van der Waals surface area contributed by atoms with Crippen molar-refractivity contribution < 1.29 is 27.5 Å². The van der Waals surface area contributed by atoms with Crippen molar-refractivity contribution in [3.8, 4) is 17.1 Å². The Kier molecular flexibility index (Phi) is 7.39. The first-order valence-electron chi connectivity index (χ1n) is 10.7. The van der Waals surface area contributed by atoms with Gasteiger partial charge in [0.2, 0.25) is 11.7 Å². The van der Waals surface area contributed by atoms with Crippen molar-refractivity contribution in [1.29, 1.82) is 0 Å². The lowest BCUT2D eigenvalue weighted by Crippen LogP contribution is -2.17. The van der Waals surface area contributed by atoms with Crippen molar-refractivity contribution >= 4 is 0 Å². The topological polar surface area (TPSA) is 68.4 Å². The van der Waals surface area contributed by atoms with E-state index in [1.165, 1.54) is 18.6 Å². The summed E-state index contributed by atoms with van der Waals surface area (Å²) in [6, 6.07) is 3.83. The van der Waals surface area contributed by atoms with Crippen LogP contribution in [0.2, 0.25) is 0 Å². The van der Waals surface area contributed by atoms with E-state index in [0.29, 0.717) is 18.9 Å². The van der Waals surface area contributed by atoms with Gasteiger partial charge in [0.25, 0.3) is 0 Å². The summed E-state index contributed by atoms with van der Waals surface area (Å²) in [6.07, 6.45) is 1.53. The van der Waals surface area contributed by atoms with E-state index in [-0.39, 0.29) is 23.0 Å². The first-order chi connectivity index (χ1) is 14.3. The van der Waals surface area contributed by atoms with Crippen LogP contribution in [0.4, 0.5) is 13.2 Å². The highest BCUT2D eigenvalue weighted by Gasteiger charge is 2.35. The van der Waals surface area contributed by atoms with E-state index in [9.17, 15) is 18.3 Å². The summed E-state index contributed by atoms with van der Waals surface area (Å²) in [7, 11) is 0. The van der Waals surface area contributed by atoms with Crippen molar-refractivity contribution in [3.63, 3.8) is 0 Å². The molecule has 0 radical (unpaired) electrons. The van der Waals surface area contributed by atoms with E-state index in [1.807, 2.05) is 6.92 Å². The predicted molar refractivity (Wildman–Crippen MR) is 106 cm³/mol. The lowest BCUT2D eigenvalue weighted by molar-refractivity contribution is -0.139. The molecule has 1 aromatic heterocycles. The van der Waals surface area contributed by atoms with Crippen LogP contribution >= 0.6 is 0 Å². The van der Waals surface area contributed by atoms with Gasteiger partial charge in [-0.2, -0.15) is 18.2 Å². The van der Waals surface area contributed by atoms with Gasteiger partial charge in [-0.25, -0.2) is 0 Å². The maximum Gasteiger partial charge on any atom is 0.419 e. The molecule has 1 fully saturated rings. The molecule has 1 saturated carbocycles. The third-order valence-corrected chi connectivity index (χ3v) is 5.74. The maximum absolute atomic E-state index is 13.7. The Hall–Kier alpha value is -2.09. The number of aliphatic hydroxyl groups is 1. The molecule has 3 rings (SSSR count). The highest BCUT2D eigenvalue weighted by atomic mass is 19.4. The second-order valence-electron chi connectivity index (χ2n) is 8.12. The molecule has 1 aromatic carbocycles.